The van der Waals surface area contributed by atoms with E-state index in [0.29, 0.717) is 11.3 Å². The largest absolute Gasteiger partial charge is 0.462 e. The van der Waals surface area contributed by atoms with Gasteiger partial charge in [-0.05, 0) is 25.5 Å². The second kappa shape index (κ2) is 9.50. The number of ether oxygens (including phenoxy) is 3. The number of carbonyl (C=O) groups excluding carboxylic acids is 3. The molecule has 0 amide bonds. The molecule has 2 aliphatic rings. The molecular weight excluding hydrogens is 448 g/mol. The first kappa shape index (κ1) is 23.8. The molecule has 1 atom stereocenters. The number of fused-ring (bicyclic) bond motifs is 2. The highest BCUT2D eigenvalue weighted by Gasteiger charge is 2.63. The summed E-state index contributed by atoms with van der Waals surface area (Å²) in [6, 6.07) is 16.0. The van der Waals surface area contributed by atoms with Gasteiger partial charge in [0, 0.05) is 17.8 Å². The fraction of sp³-hybridized carbons (Fsp3) is 0.222. The number of benzene rings is 2. The third-order valence-electron chi connectivity index (χ3n) is 6.01. The van der Waals surface area contributed by atoms with Crippen LogP contribution in [0.15, 0.2) is 90.0 Å². The van der Waals surface area contributed by atoms with Gasteiger partial charge >= 0.3 is 17.9 Å². The summed E-state index contributed by atoms with van der Waals surface area (Å²) in [5, 5.41) is 0. The van der Waals surface area contributed by atoms with E-state index in [1.165, 1.54) is 6.92 Å². The average Bonchev–Trinajstić information content (AvgIpc) is 3.11. The molecule has 2 aliphatic heterocycles. The standard InChI is InChI=1S/C27H26N2O6/c1-4-15-29-20-14-10-9-13-19(20)27(22(23(29)28)25(31)33-5-2)21(17(3)35-26(27)32)24(30)34-16-18-11-7-6-8-12-18/h4,6-14H,1,5,15-16,28H2,2-3H3/t27-/m0/s1. The maximum Gasteiger partial charge on any atom is 0.339 e. The van der Waals surface area contributed by atoms with Gasteiger partial charge < -0.3 is 24.8 Å². The van der Waals surface area contributed by atoms with Crippen LogP contribution in [0.5, 0.6) is 0 Å². The summed E-state index contributed by atoms with van der Waals surface area (Å²) < 4.78 is 16.4. The van der Waals surface area contributed by atoms with Crippen LogP contribution in [-0.4, -0.2) is 31.1 Å². The molecule has 2 heterocycles. The predicted molar refractivity (Wildman–Crippen MR) is 129 cm³/mol. The summed E-state index contributed by atoms with van der Waals surface area (Å²) >= 11 is 0. The zero-order chi connectivity index (χ0) is 25.2. The van der Waals surface area contributed by atoms with Gasteiger partial charge in [0.2, 0.25) is 0 Å². The van der Waals surface area contributed by atoms with Gasteiger partial charge in [0.15, 0.2) is 5.41 Å². The lowest BCUT2D eigenvalue weighted by Crippen LogP contribution is -2.50. The molecular formula is C27H26N2O6. The van der Waals surface area contributed by atoms with E-state index < -0.39 is 23.3 Å². The summed E-state index contributed by atoms with van der Waals surface area (Å²) in [5.74, 6) is -2.43. The predicted octanol–water partition coefficient (Wildman–Crippen LogP) is 3.24. The minimum Gasteiger partial charge on any atom is -0.462 e. The molecule has 4 rings (SSSR count). The molecule has 8 heteroatoms. The van der Waals surface area contributed by atoms with Gasteiger partial charge in [-0.15, -0.1) is 6.58 Å². The van der Waals surface area contributed by atoms with Crippen LogP contribution < -0.4 is 10.6 Å². The minimum atomic E-state index is -1.94. The first-order valence-electron chi connectivity index (χ1n) is 11.2. The molecule has 0 fully saturated rings. The highest BCUT2D eigenvalue weighted by atomic mass is 16.6. The number of rotatable bonds is 7. The Bertz CT molecular complexity index is 1260. The van der Waals surface area contributed by atoms with Gasteiger partial charge in [0.25, 0.3) is 0 Å². The third-order valence-corrected chi connectivity index (χ3v) is 6.01. The number of hydrogen-bond acceptors (Lipinski definition) is 8. The number of nitrogens with zero attached hydrogens (tertiary/aromatic N) is 1. The second-order valence-electron chi connectivity index (χ2n) is 8.03. The van der Waals surface area contributed by atoms with E-state index in [4.69, 9.17) is 19.9 Å². The van der Waals surface area contributed by atoms with Crippen LogP contribution in [0.4, 0.5) is 5.69 Å². The van der Waals surface area contributed by atoms with Crippen molar-refractivity contribution in [2.24, 2.45) is 5.73 Å². The second-order valence-corrected chi connectivity index (χ2v) is 8.03. The van der Waals surface area contributed by atoms with Gasteiger partial charge in [-0.1, -0.05) is 54.6 Å². The smallest absolute Gasteiger partial charge is 0.339 e. The molecule has 0 saturated carbocycles. The maximum absolute atomic E-state index is 13.6. The summed E-state index contributed by atoms with van der Waals surface area (Å²) in [5.41, 5.74) is 5.96. The Hall–Kier alpha value is -4.33. The number of para-hydroxylation sites is 1. The topological polar surface area (TPSA) is 108 Å². The minimum absolute atomic E-state index is 0.0259. The molecule has 1 spiro atoms. The quantitative estimate of drug-likeness (QED) is 0.370. The Kier molecular flexibility index (Phi) is 6.46. The van der Waals surface area contributed by atoms with E-state index in [9.17, 15) is 14.4 Å². The average molecular weight is 475 g/mol. The van der Waals surface area contributed by atoms with Crippen molar-refractivity contribution in [1.82, 2.24) is 0 Å². The van der Waals surface area contributed by atoms with E-state index in [1.807, 2.05) is 30.3 Å². The van der Waals surface area contributed by atoms with Gasteiger partial charge in [-0.2, -0.15) is 0 Å². The van der Waals surface area contributed by atoms with Crippen LogP contribution in [0, 0.1) is 0 Å². The van der Waals surface area contributed by atoms with Crippen molar-refractivity contribution in [1.29, 1.82) is 0 Å². The van der Waals surface area contributed by atoms with Crippen LogP contribution in [-0.2, 0) is 40.6 Å². The van der Waals surface area contributed by atoms with Crippen LogP contribution in [0.2, 0.25) is 0 Å². The number of cyclic esters (lactones) is 1. The Balaban J connectivity index is 1.93. The van der Waals surface area contributed by atoms with Crippen LogP contribution in [0.1, 0.15) is 25.0 Å². The Morgan fingerprint density at radius 2 is 1.71 bits per heavy atom. The van der Waals surface area contributed by atoms with Crippen molar-refractivity contribution in [3.05, 3.63) is 101 Å². The summed E-state index contributed by atoms with van der Waals surface area (Å²) in [6.45, 7) is 7.17. The van der Waals surface area contributed by atoms with Gasteiger partial charge in [-0.25, -0.2) is 14.4 Å². The third kappa shape index (κ3) is 3.77. The highest BCUT2D eigenvalue weighted by Crippen LogP contribution is 2.54. The van der Waals surface area contributed by atoms with Crippen molar-refractivity contribution >= 4 is 23.6 Å². The number of allylic oxidation sites excluding steroid dienone is 1. The Labute approximate surface area is 203 Å². The van der Waals surface area contributed by atoms with Crippen molar-refractivity contribution in [2.75, 3.05) is 18.1 Å². The normalized spacial score (nSPS) is 18.9. The van der Waals surface area contributed by atoms with Crippen molar-refractivity contribution in [2.45, 2.75) is 25.9 Å². The lowest BCUT2D eigenvalue weighted by molar-refractivity contribution is -0.147. The number of nitrogens with two attached hydrogens (primary N) is 1. The fourth-order valence-corrected chi connectivity index (χ4v) is 4.60. The summed E-state index contributed by atoms with van der Waals surface area (Å²) in [6.07, 6.45) is 1.62. The van der Waals surface area contributed by atoms with E-state index in [1.54, 1.807) is 42.2 Å². The van der Waals surface area contributed by atoms with Crippen molar-refractivity contribution in [3.63, 3.8) is 0 Å². The number of anilines is 1. The SMILES string of the molecule is C=CCN1C(N)=C(C(=O)OCC)[C@]2(C(=O)OC(C)=C2C(=O)OCc2ccccc2)c2ccccc21. The van der Waals surface area contributed by atoms with Crippen LogP contribution in [0.25, 0.3) is 0 Å². The Morgan fingerprint density at radius 1 is 1.06 bits per heavy atom. The lowest BCUT2D eigenvalue weighted by Gasteiger charge is -2.41. The molecule has 0 aromatic heterocycles. The molecule has 180 valence electrons. The van der Waals surface area contributed by atoms with E-state index in [0.717, 1.165) is 5.56 Å². The molecule has 0 bridgehead atoms. The first-order chi connectivity index (χ1) is 16.9. The molecule has 2 aromatic carbocycles. The molecule has 35 heavy (non-hydrogen) atoms. The van der Waals surface area contributed by atoms with Gasteiger partial charge in [0.1, 0.15) is 29.3 Å². The first-order valence-corrected chi connectivity index (χ1v) is 11.2. The van der Waals surface area contributed by atoms with E-state index in [-0.39, 0.29) is 42.5 Å². The zero-order valence-electron chi connectivity index (χ0n) is 19.6. The van der Waals surface area contributed by atoms with Crippen LogP contribution in [0.3, 0.4) is 0 Å². The van der Waals surface area contributed by atoms with Crippen molar-refractivity contribution < 1.29 is 28.6 Å². The molecule has 2 aromatic rings. The molecule has 0 unspecified atom stereocenters. The summed E-state index contributed by atoms with van der Waals surface area (Å²) in [7, 11) is 0. The number of hydrogen-bond donors (Lipinski definition) is 1. The summed E-state index contributed by atoms with van der Waals surface area (Å²) in [4.78, 5) is 42.2. The van der Waals surface area contributed by atoms with E-state index in [2.05, 4.69) is 6.58 Å². The lowest BCUT2D eigenvalue weighted by atomic mass is 9.66. The molecule has 2 N–H and O–H groups in total. The highest BCUT2D eigenvalue weighted by molar-refractivity contribution is 6.16. The van der Waals surface area contributed by atoms with E-state index >= 15 is 0 Å². The van der Waals surface area contributed by atoms with Crippen molar-refractivity contribution in [3.8, 4) is 0 Å². The van der Waals surface area contributed by atoms with Crippen LogP contribution >= 0.6 is 0 Å². The number of esters is 3. The number of carbonyl (C=O) groups is 3. The van der Waals surface area contributed by atoms with Gasteiger partial charge in [-0.3, -0.25) is 0 Å². The van der Waals surface area contributed by atoms with Gasteiger partial charge in [0.05, 0.1) is 6.61 Å². The molecule has 0 aliphatic carbocycles. The molecule has 0 saturated heterocycles. The fourth-order valence-electron chi connectivity index (χ4n) is 4.60. The molecule has 0 radical (unpaired) electrons. The molecule has 8 nitrogen and oxygen atoms in total. The Morgan fingerprint density at radius 3 is 2.40 bits per heavy atom. The monoisotopic (exact) mass is 474 g/mol. The zero-order valence-corrected chi connectivity index (χ0v) is 19.6. The maximum atomic E-state index is 13.6.